The first-order valence-corrected chi connectivity index (χ1v) is 14.1. The van der Waals surface area contributed by atoms with Gasteiger partial charge in [-0.3, -0.25) is 4.90 Å². The second kappa shape index (κ2) is 9.53. The van der Waals surface area contributed by atoms with Crippen LogP contribution < -0.4 is 0 Å². The first-order valence-electron chi connectivity index (χ1n) is 14.1. The Morgan fingerprint density at radius 2 is 1.86 bits per heavy atom. The number of carbonyl (C=O) groups excluding carboxylic acids is 1. The van der Waals surface area contributed by atoms with Gasteiger partial charge in [0.2, 0.25) is 0 Å². The molecular weight excluding hydrogens is 460 g/mol. The quantitative estimate of drug-likeness (QED) is 0.370. The number of rotatable bonds is 8. The van der Waals surface area contributed by atoms with Crippen LogP contribution in [0.2, 0.25) is 0 Å². The van der Waals surface area contributed by atoms with Crippen LogP contribution in [-0.4, -0.2) is 104 Å². The first kappa shape index (κ1) is 25.1. The molecule has 6 fully saturated rings. The van der Waals surface area contributed by atoms with Crippen molar-refractivity contribution in [2.75, 3.05) is 46.6 Å². The topological polar surface area (TPSA) is 76.3 Å². The summed E-state index contributed by atoms with van der Waals surface area (Å²) in [5, 5.41) is 0. The van der Waals surface area contributed by atoms with E-state index in [-0.39, 0.29) is 41.5 Å². The molecule has 2 bridgehead atoms. The number of methoxy groups -OCH3 is 1. The van der Waals surface area contributed by atoms with Crippen molar-refractivity contribution in [3.63, 3.8) is 0 Å². The third kappa shape index (κ3) is 4.51. The molecule has 8 atom stereocenters. The predicted molar refractivity (Wildman–Crippen MR) is 134 cm³/mol. The average Bonchev–Trinajstić information content (AvgIpc) is 3.72. The van der Waals surface area contributed by atoms with E-state index in [1.807, 2.05) is 4.90 Å². The lowest BCUT2D eigenvalue weighted by Crippen LogP contribution is -2.58. The fourth-order valence-corrected chi connectivity index (χ4v) is 7.59. The maximum absolute atomic E-state index is 13.1. The average molecular weight is 505 g/mol. The molecule has 6 rings (SSSR count). The van der Waals surface area contributed by atoms with E-state index in [2.05, 4.69) is 31.7 Å². The summed E-state index contributed by atoms with van der Waals surface area (Å²) >= 11 is 0. The fraction of sp³-hybridized carbons (Fsp3) is 0.893. The van der Waals surface area contributed by atoms with Gasteiger partial charge in [-0.1, -0.05) is 11.6 Å². The molecule has 5 aliphatic heterocycles. The van der Waals surface area contributed by atoms with Gasteiger partial charge in [-0.2, -0.15) is 0 Å². The van der Waals surface area contributed by atoms with Gasteiger partial charge in [-0.15, -0.1) is 0 Å². The van der Waals surface area contributed by atoms with E-state index in [0.717, 1.165) is 65.1 Å². The molecule has 202 valence electrons. The van der Waals surface area contributed by atoms with Crippen LogP contribution in [0.3, 0.4) is 0 Å². The van der Waals surface area contributed by atoms with Crippen molar-refractivity contribution in [3.05, 3.63) is 11.6 Å². The molecule has 8 nitrogen and oxygen atoms in total. The van der Waals surface area contributed by atoms with Crippen LogP contribution in [-0.2, 0) is 23.7 Å². The summed E-state index contributed by atoms with van der Waals surface area (Å²) in [7, 11) is 1.73. The molecule has 8 heteroatoms. The van der Waals surface area contributed by atoms with Crippen molar-refractivity contribution in [2.45, 2.75) is 101 Å². The second-order valence-electron chi connectivity index (χ2n) is 12.5. The third-order valence-electron chi connectivity index (χ3n) is 9.89. The van der Waals surface area contributed by atoms with Gasteiger partial charge in [-0.05, 0) is 71.8 Å². The Labute approximate surface area is 215 Å². The number of hydrogen-bond acceptors (Lipinski definition) is 7. The van der Waals surface area contributed by atoms with Gasteiger partial charge >= 0.3 is 6.09 Å². The summed E-state index contributed by atoms with van der Waals surface area (Å²) < 4.78 is 30.2. The van der Waals surface area contributed by atoms with Crippen LogP contribution in [0.1, 0.15) is 59.3 Å². The molecule has 1 aliphatic carbocycles. The Balaban J connectivity index is 1.01. The van der Waals surface area contributed by atoms with Crippen LogP contribution in [0.4, 0.5) is 4.79 Å². The fourth-order valence-electron chi connectivity index (χ4n) is 7.59. The van der Waals surface area contributed by atoms with E-state index in [1.54, 1.807) is 7.11 Å². The Kier molecular flexibility index (Phi) is 6.64. The predicted octanol–water partition coefficient (Wildman–Crippen LogP) is 3.38. The smallest absolute Gasteiger partial charge is 0.410 e. The number of fused-ring (bicyclic) bond motifs is 2. The van der Waals surface area contributed by atoms with Crippen molar-refractivity contribution in [1.82, 2.24) is 9.80 Å². The SMILES string of the molecule is CO[C@@H]1[C@H](OC(=O)N2CC(CCN3[C@@H]4CC[C@H]3COC4)C2)CC[C@]2(CO2)[C@H]1[C@@]1(C)O[C@@H]1CC=C(C)C. The van der Waals surface area contributed by atoms with Crippen LogP contribution in [0, 0.1) is 11.8 Å². The number of ether oxygens (including phenoxy) is 5. The lowest BCUT2D eigenvalue weighted by atomic mass is 9.68. The van der Waals surface area contributed by atoms with Crippen LogP contribution in [0.5, 0.6) is 0 Å². The van der Waals surface area contributed by atoms with Gasteiger partial charge in [0.05, 0.1) is 31.8 Å². The highest BCUT2D eigenvalue weighted by Crippen LogP contribution is 2.59. The zero-order valence-electron chi connectivity index (χ0n) is 22.4. The highest BCUT2D eigenvalue weighted by molar-refractivity contribution is 5.69. The van der Waals surface area contributed by atoms with E-state index in [0.29, 0.717) is 18.0 Å². The molecule has 1 spiro atoms. The molecule has 1 amide bonds. The molecule has 6 aliphatic rings. The van der Waals surface area contributed by atoms with Gasteiger partial charge in [0, 0.05) is 32.3 Å². The van der Waals surface area contributed by atoms with E-state index in [4.69, 9.17) is 23.7 Å². The van der Waals surface area contributed by atoms with Crippen molar-refractivity contribution in [2.24, 2.45) is 11.8 Å². The number of amides is 1. The number of likely N-dealkylation sites (tertiary alicyclic amines) is 1. The molecule has 0 unspecified atom stereocenters. The second-order valence-corrected chi connectivity index (χ2v) is 12.5. The molecule has 5 heterocycles. The maximum atomic E-state index is 13.1. The monoisotopic (exact) mass is 504 g/mol. The van der Waals surface area contributed by atoms with Crippen LogP contribution in [0.25, 0.3) is 0 Å². The standard InChI is InChI=1S/C28H44N2O6/c1-18(2)5-8-23-27(3,36-23)25-24(32-4)22(9-11-28(25)17-34-28)35-26(31)29-13-19(14-29)10-12-30-20-6-7-21(30)16-33-15-20/h5,19-25H,6-17H2,1-4H3/t20-,21+,22-,23-,24-,25-,27+,28+/m1/s1. The highest BCUT2D eigenvalue weighted by Gasteiger charge is 2.72. The van der Waals surface area contributed by atoms with Crippen molar-refractivity contribution >= 4 is 6.09 Å². The molecule has 36 heavy (non-hydrogen) atoms. The lowest BCUT2D eigenvalue weighted by molar-refractivity contribution is -0.124. The zero-order valence-corrected chi connectivity index (χ0v) is 22.4. The summed E-state index contributed by atoms with van der Waals surface area (Å²) in [6.07, 6.45) is 7.94. The molecule has 0 aromatic heterocycles. The van der Waals surface area contributed by atoms with Gasteiger partial charge in [-0.25, -0.2) is 4.79 Å². The van der Waals surface area contributed by atoms with E-state index in [1.165, 1.54) is 18.4 Å². The van der Waals surface area contributed by atoms with Gasteiger partial charge in [0.25, 0.3) is 0 Å². The zero-order chi connectivity index (χ0) is 25.1. The summed E-state index contributed by atoms with van der Waals surface area (Å²) in [6, 6.07) is 1.21. The minimum Gasteiger partial charge on any atom is -0.443 e. The third-order valence-corrected chi connectivity index (χ3v) is 9.89. The first-order chi connectivity index (χ1) is 17.3. The van der Waals surface area contributed by atoms with Crippen LogP contribution in [0.15, 0.2) is 11.6 Å². The Hall–Kier alpha value is -1.19. The van der Waals surface area contributed by atoms with Crippen molar-refractivity contribution < 1.29 is 28.5 Å². The van der Waals surface area contributed by atoms with Gasteiger partial charge < -0.3 is 28.6 Å². The van der Waals surface area contributed by atoms with E-state index in [9.17, 15) is 4.79 Å². The Morgan fingerprint density at radius 1 is 1.14 bits per heavy atom. The minimum absolute atomic E-state index is 0.0603. The normalized spacial score (nSPS) is 43.8. The van der Waals surface area contributed by atoms with Gasteiger partial charge in [0.15, 0.2) is 0 Å². The van der Waals surface area contributed by atoms with Crippen molar-refractivity contribution in [3.8, 4) is 0 Å². The van der Waals surface area contributed by atoms with E-state index < -0.39 is 0 Å². The summed E-state index contributed by atoms with van der Waals surface area (Å²) in [6.45, 7) is 11.6. The summed E-state index contributed by atoms with van der Waals surface area (Å²) in [5.74, 6) is 0.625. The van der Waals surface area contributed by atoms with E-state index >= 15 is 0 Å². The molecule has 1 saturated carbocycles. The molecule has 0 radical (unpaired) electrons. The highest BCUT2D eigenvalue weighted by atomic mass is 16.6. The molecule has 0 aromatic carbocycles. The summed E-state index contributed by atoms with van der Waals surface area (Å²) in [4.78, 5) is 17.6. The molecule has 0 N–H and O–H groups in total. The minimum atomic E-state index is -0.311. The number of carbonyl (C=O) groups is 1. The summed E-state index contributed by atoms with van der Waals surface area (Å²) in [5.41, 5.74) is 0.794. The number of allylic oxidation sites excluding steroid dienone is 1. The van der Waals surface area contributed by atoms with Gasteiger partial charge in [0.1, 0.15) is 23.4 Å². The number of epoxide rings is 2. The number of hydrogen-bond donors (Lipinski definition) is 0. The number of nitrogens with zero attached hydrogens (tertiary/aromatic N) is 2. The maximum Gasteiger partial charge on any atom is 0.410 e. The van der Waals surface area contributed by atoms with Crippen LogP contribution >= 0.6 is 0 Å². The molecule has 0 aromatic rings. The Bertz CT molecular complexity index is 850. The van der Waals surface area contributed by atoms with Crippen molar-refractivity contribution in [1.29, 1.82) is 0 Å². The number of morpholine rings is 1. The largest absolute Gasteiger partial charge is 0.443 e. The molecular formula is C28H44N2O6. The molecule has 5 saturated heterocycles. The Morgan fingerprint density at radius 3 is 2.50 bits per heavy atom. The lowest BCUT2D eigenvalue weighted by Gasteiger charge is -2.45.